The van der Waals surface area contributed by atoms with Gasteiger partial charge in [-0.15, -0.1) is 5.10 Å². The maximum absolute atomic E-state index is 12.5. The van der Waals surface area contributed by atoms with Crippen molar-refractivity contribution >= 4 is 5.91 Å². The molecule has 116 valence electrons. The van der Waals surface area contributed by atoms with Crippen LogP contribution >= 0.6 is 0 Å². The number of piperazine rings is 1. The Bertz CT molecular complexity index is 630. The molecule has 0 spiro atoms. The number of hydrogen-bond acceptors (Lipinski definition) is 5. The Hall–Kier alpha value is -2.28. The predicted octanol–water partition coefficient (Wildman–Crippen LogP) is 0.544. The Kier molecular flexibility index (Phi) is 4.15. The number of amides is 1. The van der Waals surface area contributed by atoms with Crippen LogP contribution in [0.5, 0.6) is 0 Å². The lowest BCUT2D eigenvalue weighted by Crippen LogP contribution is -2.55. The maximum Gasteiger partial charge on any atom is 0.276 e. The Morgan fingerprint density at radius 3 is 2.77 bits per heavy atom. The van der Waals surface area contributed by atoms with Crippen molar-refractivity contribution < 1.29 is 4.79 Å². The van der Waals surface area contributed by atoms with Crippen molar-refractivity contribution in [3.63, 3.8) is 0 Å². The van der Waals surface area contributed by atoms with E-state index in [9.17, 15) is 4.79 Å². The smallest absolute Gasteiger partial charge is 0.276 e. The normalized spacial score (nSPS) is 21.8. The van der Waals surface area contributed by atoms with Crippen LogP contribution in [0.3, 0.4) is 0 Å². The van der Waals surface area contributed by atoms with E-state index in [-0.39, 0.29) is 18.0 Å². The molecule has 0 aromatic carbocycles. The SMILES string of the molecule is C[C@@H]1CN(C(=O)c2cn(Cc3ccccn3)nn2)C[C@@H](C)N1. The average Bonchev–Trinajstić information content (AvgIpc) is 2.95. The molecule has 1 aliphatic rings. The molecule has 7 nitrogen and oxygen atoms in total. The fraction of sp³-hybridized carbons (Fsp3) is 0.467. The molecule has 0 saturated carbocycles. The van der Waals surface area contributed by atoms with Gasteiger partial charge in [-0.25, -0.2) is 4.68 Å². The second kappa shape index (κ2) is 6.23. The highest BCUT2D eigenvalue weighted by molar-refractivity contribution is 5.92. The van der Waals surface area contributed by atoms with Crippen LogP contribution in [0.15, 0.2) is 30.6 Å². The largest absolute Gasteiger partial charge is 0.334 e. The van der Waals surface area contributed by atoms with Crippen LogP contribution in [-0.4, -0.2) is 56.0 Å². The minimum Gasteiger partial charge on any atom is -0.334 e. The van der Waals surface area contributed by atoms with Gasteiger partial charge in [-0.05, 0) is 26.0 Å². The van der Waals surface area contributed by atoms with Crippen molar-refractivity contribution in [3.8, 4) is 0 Å². The summed E-state index contributed by atoms with van der Waals surface area (Å²) in [7, 11) is 0. The Balaban J connectivity index is 1.69. The molecule has 0 radical (unpaired) electrons. The first-order valence-corrected chi connectivity index (χ1v) is 7.47. The van der Waals surface area contributed by atoms with E-state index in [2.05, 4.69) is 34.5 Å². The van der Waals surface area contributed by atoms with Crippen molar-refractivity contribution in [2.24, 2.45) is 0 Å². The van der Waals surface area contributed by atoms with Gasteiger partial charge in [-0.2, -0.15) is 0 Å². The van der Waals surface area contributed by atoms with E-state index >= 15 is 0 Å². The van der Waals surface area contributed by atoms with Crippen molar-refractivity contribution in [1.29, 1.82) is 0 Å². The van der Waals surface area contributed by atoms with Gasteiger partial charge in [0.05, 0.1) is 18.4 Å². The number of carbonyl (C=O) groups is 1. The zero-order valence-corrected chi connectivity index (χ0v) is 12.8. The molecule has 7 heteroatoms. The van der Waals surface area contributed by atoms with Gasteiger partial charge in [0.25, 0.3) is 5.91 Å². The molecule has 2 aromatic heterocycles. The van der Waals surface area contributed by atoms with E-state index in [1.165, 1.54) is 0 Å². The minimum absolute atomic E-state index is 0.0625. The maximum atomic E-state index is 12.5. The average molecular weight is 300 g/mol. The zero-order valence-electron chi connectivity index (χ0n) is 12.8. The number of nitrogens with one attached hydrogen (secondary N) is 1. The lowest BCUT2D eigenvalue weighted by Gasteiger charge is -2.35. The molecule has 2 atom stereocenters. The molecule has 1 aliphatic heterocycles. The summed E-state index contributed by atoms with van der Waals surface area (Å²) in [5.41, 5.74) is 1.27. The second-order valence-corrected chi connectivity index (χ2v) is 5.80. The summed E-state index contributed by atoms with van der Waals surface area (Å²) in [6.07, 6.45) is 3.43. The molecule has 0 unspecified atom stereocenters. The molecular formula is C15H20N6O. The molecule has 0 bridgehead atoms. The van der Waals surface area contributed by atoms with Gasteiger partial charge in [0, 0.05) is 31.4 Å². The summed E-state index contributed by atoms with van der Waals surface area (Å²) in [4.78, 5) is 18.6. The Labute approximate surface area is 129 Å². The number of pyridine rings is 1. The quantitative estimate of drug-likeness (QED) is 0.895. The fourth-order valence-electron chi connectivity index (χ4n) is 2.79. The molecule has 1 N–H and O–H groups in total. The monoisotopic (exact) mass is 300 g/mol. The van der Waals surface area contributed by atoms with Crippen LogP contribution in [0.1, 0.15) is 30.0 Å². The van der Waals surface area contributed by atoms with Gasteiger partial charge in [-0.3, -0.25) is 9.78 Å². The highest BCUT2D eigenvalue weighted by atomic mass is 16.2. The fourth-order valence-corrected chi connectivity index (χ4v) is 2.79. The molecule has 1 saturated heterocycles. The van der Waals surface area contributed by atoms with E-state index in [0.29, 0.717) is 25.3 Å². The van der Waals surface area contributed by atoms with Gasteiger partial charge in [-0.1, -0.05) is 11.3 Å². The standard InChI is InChI=1S/C15H20N6O/c1-11-7-20(8-12(2)17-11)15(22)14-10-21(19-18-14)9-13-5-3-4-6-16-13/h3-6,10-12,17H,7-9H2,1-2H3/t11-,12-/m1/s1. The topological polar surface area (TPSA) is 75.9 Å². The number of hydrogen-bond donors (Lipinski definition) is 1. The predicted molar refractivity (Wildman–Crippen MR) is 81.3 cm³/mol. The highest BCUT2D eigenvalue weighted by Gasteiger charge is 2.27. The first kappa shape index (κ1) is 14.6. The number of aromatic nitrogens is 4. The molecular weight excluding hydrogens is 280 g/mol. The first-order valence-electron chi connectivity index (χ1n) is 7.47. The third-order valence-corrected chi connectivity index (χ3v) is 3.65. The number of nitrogens with zero attached hydrogens (tertiary/aromatic N) is 5. The Morgan fingerprint density at radius 1 is 1.32 bits per heavy atom. The molecule has 0 aliphatic carbocycles. The highest BCUT2D eigenvalue weighted by Crippen LogP contribution is 2.09. The van der Waals surface area contributed by atoms with E-state index in [1.54, 1.807) is 17.1 Å². The summed E-state index contributed by atoms with van der Waals surface area (Å²) in [5, 5.41) is 11.5. The molecule has 3 rings (SSSR count). The van der Waals surface area contributed by atoms with Crippen molar-refractivity contribution in [1.82, 2.24) is 30.2 Å². The van der Waals surface area contributed by atoms with Crippen LogP contribution in [0.4, 0.5) is 0 Å². The van der Waals surface area contributed by atoms with Crippen molar-refractivity contribution in [2.75, 3.05) is 13.1 Å². The van der Waals surface area contributed by atoms with Gasteiger partial charge in [0.15, 0.2) is 5.69 Å². The summed E-state index contributed by atoms with van der Waals surface area (Å²) >= 11 is 0. The zero-order chi connectivity index (χ0) is 15.5. The molecule has 3 heterocycles. The minimum atomic E-state index is -0.0625. The van der Waals surface area contributed by atoms with Crippen LogP contribution in [0.2, 0.25) is 0 Å². The van der Waals surface area contributed by atoms with E-state index in [4.69, 9.17) is 0 Å². The molecule has 2 aromatic rings. The van der Waals surface area contributed by atoms with E-state index in [0.717, 1.165) is 5.69 Å². The molecule has 22 heavy (non-hydrogen) atoms. The van der Waals surface area contributed by atoms with Gasteiger partial charge >= 0.3 is 0 Å². The summed E-state index contributed by atoms with van der Waals surface area (Å²) in [6, 6.07) is 6.29. The van der Waals surface area contributed by atoms with E-state index in [1.807, 2.05) is 23.1 Å². The van der Waals surface area contributed by atoms with Gasteiger partial charge in [0.2, 0.25) is 0 Å². The van der Waals surface area contributed by atoms with Crippen molar-refractivity contribution in [3.05, 3.63) is 42.0 Å². The first-order chi connectivity index (χ1) is 10.6. The third-order valence-electron chi connectivity index (χ3n) is 3.65. The van der Waals surface area contributed by atoms with Crippen molar-refractivity contribution in [2.45, 2.75) is 32.5 Å². The van der Waals surface area contributed by atoms with E-state index < -0.39 is 0 Å². The lowest BCUT2D eigenvalue weighted by molar-refractivity contribution is 0.0667. The lowest BCUT2D eigenvalue weighted by atomic mass is 10.1. The van der Waals surface area contributed by atoms with Crippen LogP contribution < -0.4 is 5.32 Å². The Morgan fingerprint density at radius 2 is 2.09 bits per heavy atom. The van der Waals surface area contributed by atoms with Crippen LogP contribution in [0, 0.1) is 0 Å². The van der Waals surface area contributed by atoms with Gasteiger partial charge in [0.1, 0.15) is 0 Å². The molecule has 1 fully saturated rings. The third kappa shape index (κ3) is 3.30. The summed E-state index contributed by atoms with van der Waals surface area (Å²) < 4.78 is 1.64. The number of rotatable bonds is 3. The molecule has 1 amide bonds. The summed E-state index contributed by atoms with van der Waals surface area (Å²) in [6.45, 7) is 6.05. The van der Waals surface area contributed by atoms with Crippen LogP contribution in [-0.2, 0) is 6.54 Å². The number of carbonyl (C=O) groups excluding carboxylic acids is 1. The summed E-state index contributed by atoms with van der Waals surface area (Å²) in [5.74, 6) is -0.0625. The van der Waals surface area contributed by atoms with Gasteiger partial charge < -0.3 is 10.2 Å². The second-order valence-electron chi connectivity index (χ2n) is 5.80. The van der Waals surface area contributed by atoms with Crippen LogP contribution in [0.25, 0.3) is 0 Å².